The molecule has 16 heavy (non-hydrogen) atoms. The van der Waals surface area contributed by atoms with E-state index < -0.39 is 0 Å². The highest BCUT2D eigenvalue weighted by molar-refractivity contribution is 5.14. The van der Waals surface area contributed by atoms with Crippen LogP contribution >= 0.6 is 0 Å². The Balaban J connectivity index is 2.23. The van der Waals surface area contributed by atoms with Gasteiger partial charge in [0.05, 0.1) is 12.9 Å². The van der Waals surface area contributed by atoms with E-state index in [1.807, 2.05) is 18.2 Å². The van der Waals surface area contributed by atoms with Crippen LogP contribution in [0, 0.1) is 0 Å². The summed E-state index contributed by atoms with van der Waals surface area (Å²) in [5.74, 6) is 0. The molecule has 0 heterocycles. The molecule has 1 aromatic carbocycles. The molecule has 0 aliphatic rings. The van der Waals surface area contributed by atoms with Gasteiger partial charge in [0.1, 0.15) is 12.7 Å². The van der Waals surface area contributed by atoms with Gasteiger partial charge in [0.2, 0.25) is 0 Å². The van der Waals surface area contributed by atoms with Gasteiger partial charge in [0.25, 0.3) is 0 Å². The molecule has 0 N–H and O–H groups in total. The molecule has 0 aliphatic heterocycles. The summed E-state index contributed by atoms with van der Waals surface area (Å²) in [6.07, 6.45) is 3.99. The molecule has 0 saturated heterocycles. The average Bonchev–Trinajstić information content (AvgIpc) is 2.35. The second-order valence-corrected chi connectivity index (χ2v) is 3.38. The molecule has 2 heteroatoms. The molecule has 0 saturated carbocycles. The Bertz CT molecular complexity index is 306. The van der Waals surface area contributed by atoms with Gasteiger partial charge in [-0.3, -0.25) is 0 Å². The number of hydrogen-bond acceptors (Lipinski definition) is 2. The van der Waals surface area contributed by atoms with E-state index in [1.54, 1.807) is 6.08 Å². The monoisotopic (exact) mass is 218 g/mol. The standard InChI is InChI=1S/C14H18O2/c1-3-14(12-15-4-2)16-11-10-13-8-6-5-7-9-13/h3-9,14H,1-2,10-12H2. The van der Waals surface area contributed by atoms with Gasteiger partial charge in [-0.1, -0.05) is 43.0 Å². The number of rotatable bonds is 8. The summed E-state index contributed by atoms with van der Waals surface area (Å²) in [6, 6.07) is 10.2. The zero-order valence-corrected chi connectivity index (χ0v) is 9.47. The van der Waals surface area contributed by atoms with Crippen molar-refractivity contribution >= 4 is 0 Å². The summed E-state index contributed by atoms with van der Waals surface area (Å²) in [5, 5.41) is 0. The van der Waals surface area contributed by atoms with E-state index in [0.717, 1.165) is 6.42 Å². The molecular formula is C14H18O2. The Morgan fingerprint density at radius 2 is 1.94 bits per heavy atom. The largest absolute Gasteiger partial charge is 0.499 e. The highest BCUT2D eigenvalue weighted by atomic mass is 16.5. The van der Waals surface area contributed by atoms with E-state index in [2.05, 4.69) is 25.3 Å². The molecule has 86 valence electrons. The van der Waals surface area contributed by atoms with Crippen LogP contribution in [0.1, 0.15) is 5.56 Å². The molecule has 1 atom stereocenters. The molecule has 0 fully saturated rings. The Kier molecular flexibility index (Phi) is 6.04. The van der Waals surface area contributed by atoms with Crippen LogP contribution in [-0.4, -0.2) is 19.3 Å². The third kappa shape index (κ3) is 4.80. The quantitative estimate of drug-likeness (QED) is 0.493. The van der Waals surface area contributed by atoms with Crippen molar-refractivity contribution in [3.8, 4) is 0 Å². The first-order valence-electron chi connectivity index (χ1n) is 5.37. The summed E-state index contributed by atoms with van der Waals surface area (Å²) in [5.41, 5.74) is 1.27. The van der Waals surface area contributed by atoms with E-state index in [9.17, 15) is 0 Å². The summed E-state index contributed by atoms with van der Waals surface area (Å²) < 4.78 is 10.7. The lowest BCUT2D eigenvalue weighted by atomic mass is 10.2. The van der Waals surface area contributed by atoms with Crippen molar-refractivity contribution in [1.82, 2.24) is 0 Å². The summed E-state index contributed by atoms with van der Waals surface area (Å²) in [4.78, 5) is 0. The lowest BCUT2D eigenvalue weighted by Gasteiger charge is -2.13. The first-order chi connectivity index (χ1) is 7.86. The topological polar surface area (TPSA) is 18.5 Å². The molecule has 0 aromatic heterocycles. The fourth-order valence-corrected chi connectivity index (χ4v) is 1.32. The highest BCUT2D eigenvalue weighted by Crippen LogP contribution is 2.02. The van der Waals surface area contributed by atoms with Crippen LogP contribution in [-0.2, 0) is 15.9 Å². The number of benzene rings is 1. The smallest absolute Gasteiger partial charge is 0.117 e. The average molecular weight is 218 g/mol. The van der Waals surface area contributed by atoms with Gasteiger partial charge in [-0.05, 0) is 12.0 Å². The summed E-state index contributed by atoms with van der Waals surface area (Å²) >= 11 is 0. The van der Waals surface area contributed by atoms with Crippen molar-refractivity contribution < 1.29 is 9.47 Å². The molecule has 2 nitrogen and oxygen atoms in total. The van der Waals surface area contributed by atoms with Crippen LogP contribution < -0.4 is 0 Å². The predicted molar refractivity (Wildman–Crippen MR) is 66.2 cm³/mol. The van der Waals surface area contributed by atoms with Crippen LogP contribution in [0.4, 0.5) is 0 Å². The zero-order valence-electron chi connectivity index (χ0n) is 9.47. The van der Waals surface area contributed by atoms with Crippen molar-refractivity contribution in [3.05, 3.63) is 61.4 Å². The first kappa shape index (κ1) is 12.5. The van der Waals surface area contributed by atoms with E-state index >= 15 is 0 Å². The van der Waals surface area contributed by atoms with E-state index in [1.165, 1.54) is 11.8 Å². The summed E-state index contributed by atoms with van der Waals surface area (Å²) in [7, 11) is 0. The molecule has 1 aromatic rings. The fourth-order valence-electron chi connectivity index (χ4n) is 1.32. The minimum Gasteiger partial charge on any atom is -0.499 e. The van der Waals surface area contributed by atoms with Gasteiger partial charge < -0.3 is 9.47 Å². The minimum atomic E-state index is -0.0679. The highest BCUT2D eigenvalue weighted by Gasteiger charge is 2.03. The zero-order chi connectivity index (χ0) is 11.6. The van der Waals surface area contributed by atoms with Crippen LogP contribution in [0.15, 0.2) is 55.8 Å². The van der Waals surface area contributed by atoms with Crippen LogP contribution in [0.2, 0.25) is 0 Å². The number of ether oxygens (including phenoxy) is 2. The third-order valence-electron chi connectivity index (χ3n) is 2.21. The van der Waals surface area contributed by atoms with Crippen molar-refractivity contribution in [2.45, 2.75) is 12.5 Å². The molecule has 1 rings (SSSR count). The maximum atomic E-state index is 5.61. The molecule has 0 bridgehead atoms. The molecule has 1 unspecified atom stereocenters. The Labute approximate surface area is 97.2 Å². The van der Waals surface area contributed by atoms with Crippen LogP contribution in [0.5, 0.6) is 0 Å². The SMILES string of the molecule is C=COCC(C=C)OCCc1ccccc1. The molecule has 0 radical (unpaired) electrons. The Morgan fingerprint density at radius 3 is 2.56 bits per heavy atom. The molecule has 0 aliphatic carbocycles. The maximum absolute atomic E-state index is 5.61. The Morgan fingerprint density at radius 1 is 1.19 bits per heavy atom. The van der Waals surface area contributed by atoms with Crippen molar-refractivity contribution in [2.24, 2.45) is 0 Å². The van der Waals surface area contributed by atoms with Crippen molar-refractivity contribution in [3.63, 3.8) is 0 Å². The molecule has 0 spiro atoms. The van der Waals surface area contributed by atoms with Gasteiger partial charge in [-0.2, -0.15) is 0 Å². The van der Waals surface area contributed by atoms with E-state index in [0.29, 0.717) is 13.2 Å². The van der Waals surface area contributed by atoms with Crippen LogP contribution in [0.25, 0.3) is 0 Å². The lowest BCUT2D eigenvalue weighted by molar-refractivity contribution is 0.0392. The van der Waals surface area contributed by atoms with Gasteiger partial charge in [-0.25, -0.2) is 0 Å². The van der Waals surface area contributed by atoms with E-state index in [4.69, 9.17) is 9.47 Å². The van der Waals surface area contributed by atoms with Gasteiger partial charge in [0.15, 0.2) is 0 Å². The van der Waals surface area contributed by atoms with Crippen molar-refractivity contribution in [2.75, 3.05) is 13.2 Å². The van der Waals surface area contributed by atoms with Crippen molar-refractivity contribution in [1.29, 1.82) is 0 Å². The first-order valence-corrected chi connectivity index (χ1v) is 5.37. The van der Waals surface area contributed by atoms with Gasteiger partial charge in [-0.15, -0.1) is 6.58 Å². The number of hydrogen-bond donors (Lipinski definition) is 0. The van der Waals surface area contributed by atoms with Crippen LogP contribution in [0.3, 0.4) is 0 Å². The fraction of sp³-hybridized carbons (Fsp3) is 0.286. The third-order valence-corrected chi connectivity index (χ3v) is 2.21. The maximum Gasteiger partial charge on any atom is 0.117 e. The van der Waals surface area contributed by atoms with E-state index in [-0.39, 0.29) is 6.10 Å². The second-order valence-electron chi connectivity index (χ2n) is 3.38. The molecular weight excluding hydrogens is 200 g/mol. The second kappa shape index (κ2) is 7.71. The van der Waals surface area contributed by atoms with Gasteiger partial charge in [0, 0.05) is 0 Å². The molecule has 0 amide bonds. The predicted octanol–water partition coefficient (Wildman–Crippen LogP) is 2.96. The minimum absolute atomic E-state index is 0.0679. The lowest BCUT2D eigenvalue weighted by Crippen LogP contribution is -2.17. The normalized spacial score (nSPS) is 11.8. The Hall–Kier alpha value is -1.54. The van der Waals surface area contributed by atoms with Gasteiger partial charge >= 0.3 is 0 Å². The summed E-state index contributed by atoms with van der Waals surface area (Å²) in [6.45, 7) is 8.32.